The molecule has 106 valence electrons. The van der Waals surface area contributed by atoms with Crippen molar-refractivity contribution < 1.29 is 4.74 Å². The quantitative estimate of drug-likeness (QED) is 0.882. The second-order valence-electron chi connectivity index (χ2n) is 5.75. The van der Waals surface area contributed by atoms with Crippen LogP contribution in [0.25, 0.3) is 0 Å². The first-order chi connectivity index (χ1) is 9.19. The molecule has 2 unspecified atom stereocenters. The van der Waals surface area contributed by atoms with Gasteiger partial charge in [0, 0.05) is 19.3 Å². The van der Waals surface area contributed by atoms with E-state index >= 15 is 0 Å². The highest BCUT2D eigenvalue weighted by Crippen LogP contribution is 2.24. The Labute approximate surface area is 116 Å². The van der Waals surface area contributed by atoms with Gasteiger partial charge in [0.15, 0.2) is 0 Å². The number of nitrogens with zero attached hydrogens (tertiary/aromatic N) is 1. The second kappa shape index (κ2) is 6.92. The minimum absolute atomic E-state index is 0.353. The van der Waals surface area contributed by atoms with E-state index in [1.54, 1.807) is 0 Å². The molecule has 0 spiro atoms. The lowest BCUT2D eigenvalue weighted by molar-refractivity contribution is 0.0606. The van der Waals surface area contributed by atoms with Crippen LogP contribution in [0.2, 0.25) is 0 Å². The lowest BCUT2D eigenvalue weighted by Crippen LogP contribution is -2.37. The monoisotopic (exact) mass is 262 g/mol. The van der Waals surface area contributed by atoms with E-state index in [0.29, 0.717) is 12.1 Å². The first kappa shape index (κ1) is 14.4. The summed E-state index contributed by atoms with van der Waals surface area (Å²) in [4.78, 5) is 2.19. The number of ether oxygens (including phenoxy) is 1. The summed E-state index contributed by atoms with van der Waals surface area (Å²) in [6, 6.07) is 9.17. The zero-order valence-corrected chi connectivity index (χ0v) is 12.4. The summed E-state index contributed by atoms with van der Waals surface area (Å²) in [5.41, 5.74) is 2.56. The SMILES string of the molecule is COC1CCCCC1Nc1cccc(CN(C)C)c1. The van der Waals surface area contributed by atoms with E-state index in [-0.39, 0.29) is 0 Å². The van der Waals surface area contributed by atoms with Crippen molar-refractivity contribution in [3.05, 3.63) is 29.8 Å². The predicted molar refractivity (Wildman–Crippen MR) is 80.5 cm³/mol. The number of anilines is 1. The van der Waals surface area contributed by atoms with Gasteiger partial charge in [-0.1, -0.05) is 25.0 Å². The van der Waals surface area contributed by atoms with Gasteiger partial charge in [0.25, 0.3) is 0 Å². The van der Waals surface area contributed by atoms with Gasteiger partial charge in [-0.2, -0.15) is 0 Å². The fourth-order valence-electron chi connectivity index (χ4n) is 2.88. The Hall–Kier alpha value is -1.06. The van der Waals surface area contributed by atoms with Crippen molar-refractivity contribution in [2.75, 3.05) is 26.5 Å². The van der Waals surface area contributed by atoms with E-state index in [9.17, 15) is 0 Å². The van der Waals surface area contributed by atoms with Crippen LogP contribution in [0.4, 0.5) is 5.69 Å². The fourth-order valence-corrected chi connectivity index (χ4v) is 2.88. The van der Waals surface area contributed by atoms with Crippen molar-refractivity contribution in [1.82, 2.24) is 4.90 Å². The molecule has 0 saturated heterocycles. The van der Waals surface area contributed by atoms with E-state index in [4.69, 9.17) is 4.74 Å². The summed E-state index contributed by atoms with van der Waals surface area (Å²) in [5.74, 6) is 0. The number of hydrogen-bond donors (Lipinski definition) is 1. The summed E-state index contributed by atoms with van der Waals surface area (Å²) >= 11 is 0. The Morgan fingerprint density at radius 1 is 1.26 bits per heavy atom. The van der Waals surface area contributed by atoms with E-state index in [1.807, 2.05) is 7.11 Å². The van der Waals surface area contributed by atoms with Crippen LogP contribution in [0.3, 0.4) is 0 Å². The zero-order valence-electron chi connectivity index (χ0n) is 12.4. The number of benzene rings is 1. The highest BCUT2D eigenvalue weighted by Gasteiger charge is 2.24. The largest absolute Gasteiger partial charge is 0.380 e. The van der Waals surface area contributed by atoms with Gasteiger partial charge in [-0.3, -0.25) is 0 Å². The lowest BCUT2D eigenvalue weighted by atomic mass is 9.92. The normalized spacial score (nSPS) is 23.6. The molecule has 0 bridgehead atoms. The number of methoxy groups -OCH3 is 1. The zero-order chi connectivity index (χ0) is 13.7. The molecule has 0 aliphatic heterocycles. The van der Waals surface area contributed by atoms with Gasteiger partial charge in [0.05, 0.1) is 12.1 Å². The first-order valence-electron chi connectivity index (χ1n) is 7.22. The average molecular weight is 262 g/mol. The summed E-state index contributed by atoms with van der Waals surface area (Å²) in [5, 5.41) is 3.65. The molecule has 3 nitrogen and oxygen atoms in total. The Kier molecular flexibility index (Phi) is 5.23. The van der Waals surface area contributed by atoms with Crippen molar-refractivity contribution in [3.63, 3.8) is 0 Å². The summed E-state index contributed by atoms with van der Waals surface area (Å²) < 4.78 is 5.60. The van der Waals surface area contributed by atoms with Crippen LogP contribution in [0.15, 0.2) is 24.3 Å². The molecule has 3 heteroatoms. The molecule has 1 aromatic rings. The third-order valence-corrected chi connectivity index (χ3v) is 3.78. The Balaban J connectivity index is 2.01. The van der Waals surface area contributed by atoms with Crippen LogP contribution in [-0.4, -0.2) is 38.3 Å². The van der Waals surface area contributed by atoms with Crippen molar-refractivity contribution in [2.24, 2.45) is 0 Å². The number of nitrogens with one attached hydrogen (secondary N) is 1. The summed E-state index contributed by atoms with van der Waals surface area (Å²) in [6.45, 7) is 0.980. The van der Waals surface area contributed by atoms with Crippen molar-refractivity contribution >= 4 is 5.69 Å². The molecule has 2 rings (SSSR count). The van der Waals surface area contributed by atoms with Gasteiger partial charge in [-0.05, 0) is 44.6 Å². The Morgan fingerprint density at radius 3 is 2.79 bits per heavy atom. The minimum atomic E-state index is 0.353. The molecular formula is C16H26N2O. The van der Waals surface area contributed by atoms with Gasteiger partial charge in [-0.15, -0.1) is 0 Å². The maximum atomic E-state index is 5.60. The molecule has 1 aliphatic carbocycles. The van der Waals surface area contributed by atoms with Crippen molar-refractivity contribution in [1.29, 1.82) is 0 Å². The molecule has 0 amide bonds. The maximum Gasteiger partial charge on any atom is 0.0772 e. The van der Waals surface area contributed by atoms with Crippen LogP contribution < -0.4 is 5.32 Å². The van der Waals surface area contributed by atoms with Gasteiger partial charge < -0.3 is 15.0 Å². The first-order valence-corrected chi connectivity index (χ1v) is 7.22. The predicted octanol–water partition coefficient (Wildman–Crippen LogP) is 3.12. The molecule has 0 heterocycles. The van der Waals surface area contributed by atoms with Crippen LogP contribution in [0, 0.1) is 0 Å². The van der Waals surface area contributed by atoms with Crippen LogP contribution in [0.1, 0.15) is 31.2 Å². The topological polar surface area (TPSA) is 24.5 Å². The molecule has 1 fully saturated rings. The van der Waals surface area contributed by atoms with Crippen LogP contribution in [-0.2, 0) is 11.3 Å². The third kappa shape index (κ3) is 4.22. The van der Waals surface area contributed by atoms with Gasteiger partial charge >= 0.3 is 0 Å². The van der Waals surface area contributed by atoms with Gasteiger partial charge in [-0.25, -0.2) is 0 Å². The molecule has 1 saturated carbocycles. The maximum absolute atomic E-state index is 5.60. The van der Waals surface area contributed by atoms with E-state index in [1.165, 1.54) is 36.9 Å². The van der Waals surface area contributed by atoms with E-state index in [0.717, 1.165) is 6.54 Å². The molecule has 0 radical (unpaired) electrons. The Bertz CT molecular complexity index is 392. The molecule has 0 aromatic heterocycles. The average Bonchev–Trinajstić information content (AvgIpc) is 2.39. The van der Waals surface area contributed by atoms with Crippen molar-refractivity contribution in [3.8, 4) is 0 Å². The number of rotatable bonds is 5. The molecule has 1 aromatic carbocycles. The van der Waals surface area contributed by atoms with E-state index < -0.39 is 0 Å². The van der Waals surface area contributed by atoms with E-state index in [2.05, 4.69) is 48.6 Å². The van der Waals surface area contributed by atoms with Crippen LogP contribution >= 0.6 is 0 Å². The van der Waals surface area contributed by atoms with Gasteiger partial charge in [0.2, 0.25) is 0 Å². The molecule has 1 N–H and O–H groups in total. The van der Waals surface area contributed by atoms with Gasteiger partial charge in [0.1, 0.15) is 0 Å². The molecule has 1 aliphatic rings. The van der Waals surface area contributed by atoms with Crippen LogP contribution in [0.5, 0.6) is 0 Å². The minimum Gasteiger partial charge on any atom is -0.380 e. The highest BCUT2D eigenvalue weighted by molar-refractivity contribution is 5.46. The fraction of sp³-hybridized carbons (Fsp3) is 0.625. The molecular weight excluding hydrogens is 236 g/mol. The molecule has 19 heavy (non-hydrogen) atoms. The second-order valence-corrected chi connectivity index (χ2v) is 5.75. The number of hydrogen-bond acceptors (Lipinski definition) is 3. The van der Waals surface area contributed by atoms with Crippen molar-refractivity contribution in [2.45, 2.75) is 44.4 Å². The summed E-state index contributed by atoms with van der Waals surface area (Å²) in [7, 11) is 6.03. The lowest BCUT2D eigenvalue weighted by Gasteiger charge is -2.32. The highest BCUT2D eigenvalue weighted by atomic mass is 16.5. The Morgan fingerprint density at radius 2 is 2.05 bits per heavy atom. The third-order valence-electron chi connectivity index (χ3n) is 3.78. The molecule has 2 atom stereocenters. The standard InChI is InChI=1S/C16H26N2O/c1-18(2)12-13-7-6-8-14(11-13)17-15-9-4-5-10-16(15)19-3/h6-8,11,15-17H,4-5,9-10,12H2,1-3H3. The summed E-state index contributed by atoms with van der Waals surface area (Å²) in [6.07, 6.45) is 5.32. The smallest absolute Gasteiger partial charge is 0.0772 e.